The zero-order chi connectivity index (χ0) is 14.4. The highest BCUT2D eigenvalue weighted by Crippen LogP contribution is 2.14. The quantitative estimate of drug-likeness (QED) is 0.703. The Bertz CT molecular complexity index is 340. The van der Waals surface area contributed by atoms with Gasteiger partial charge in [-0.05, 0) is 32.6 Å². The lowest BCUT2D eigenvalue weighted by molar-refractivity contribution is -0.120. The second kappa shape index (κ2) is 7.47. The standard InChI is InChI=1S/C14H26N4O2/c1-2-15-14(20)18-9-6-12(7-10-18)17-11-3-4-13(19)16-8-5-11/h11-12,17H,2-10H2,1H3,(H,15,20)(H,16,19)/t11-/m0/s1. The van der Waals surface area contributed by atoms with Crippen LogP contribution in [-0.4, -0.2) is 55.1 Å². The van der Waals surface area contributed by atoms with Crippen LogP contribution in [0.25, 0.3) is 0 Å². The van der Waals surface area contributed by atoms with Crippen molar-refractivity contribution in [1.29, 1.82) is 0 Å². The summed E-state index contributed by atoms with van der Waals surface area (Å²) in [6.45, 7) is 5.02. The Hall–Kier alpha value is -1.30. The Kier molecular flexibility index (Phi) is 5.64. The summed E-state index contributed by atoms with van der Waals surface area (Å²) in [5.74, 6) is 0.167. The summed E-state index contributed by atoms with van der Waals surface area (Å²) in [4.78, 5) is 24.9. The van der Waals surface area contributed by atoms with Crippen LogP contribution < -0.4 is 16.0 Å². The molecule has 2 rings (SSSR count). The number of amides is 3. The number of nitrogens with zero attached hydrogens (tertiary/aromatic N) is 1. The monoisotopic (exact) mass is 282 g/mol. The van der Waals surface area contributed by atoms with Crippen LogP contribution in [0.3, 0.4) is 0 Å². The van der Waals surface area contributed by atoms with E-state index in [2.05, 4.69) is 16.0 Å². The fraction of sp³-hybridized carbons (Fsp3) is 0.857. The number of piperidine rings is 1. The first-order chi connectivity index (χ1) is 9.69. The lowest BCUT2D eigenvalue weighted by Gasteiger charge is -2.34. The Morgan fingerprint density at radius 1 is 1.25 bits per heavy atom. The van der Waals surface area contributed by atoms with E-state index in [4.69, 9.17) is 0 Å². The molecular weight excluding hydrogens is 256 g/mol. The highest BCUT2D eigenvalue weighted by atomic mass is 16.2. The average molecular weight is 282 g/mol. The van der Waals surface area contributed by atoms with Gasteiger partial charge in [0.1, 0.15) is 0 Å². The van der Waals surface area contributed by atoms with E-state index in [9.17, 15) is 9.59 Å². The molecule has 6 heteroatoms. The fourth-order valence-corrected chi connectivity index (χ4v) is 2.94. The van der Waals surface area contributed by atoms with E-state index in [1.807, 2.05) is 11.8 Å². The first-order valence-corrected chi connectivity index (χ1v) is 7.74. The van der Waals surface area contributed by atoms with Gasteiger partial charge in [-0.2, -0.15) is 0 Å². The maximum absolute atomic E-state index is 11.7. The molecule has 0 radical (unpaired) electrons. The molecule has 2 heterocycles. The van der Waals surface area contributed by atoms with Crippen LogP contribution in [0.2, 0.25) is 0 Å². The first-order valence-electron chi connectivity index (χ1n) is 7.74. The average Bonchev–Trinajstić information content (AvgIpc) is 2.65. The minimum absolute atomic E-state index is 0.0511. The predicted molar refractivity (Wildman–Crippen MR) is 77.5 cm³/mol. The van der Waals surface area contributed by atoms with Gasteiger partial charge in [0.2, 0.25) is 5.91 Å². The van der Waals surface area contributed by atoms with E-state index >= 15 is 0 Å². The molecule has 0 bridgehead atoms. The smallest absolute Gasteiger partial charge is 0.317 e. The summed E-state index contributed by atoms with van der Waals surface area (Å²) in [5.41, 5.74) is 0. The summed E-state index contributed by atoms with van der Waals surface area (Å²) < 4.78 is 0. The van der Waals surface area contributed by atoms with Gasteiger partial charge in [0, 0.05) is 44.7 Å². The predicted octanol–water partition coefficient (Wildman–Crippen LogP) is 0.439. The minimum atomic E-state index is 0.0511. The molecule has 1 atom stereocenters. The number of hydrogen-bond acceptors (Lipinski definition) is 3. The van der Waals surface area contributed by atoms with Crippen molar-refractivity contribution in [1.82, 2.24) is 20.9 Å². The van der Waals surface area contributed by atoms with Crippen LogP contribution in [0, 0.1) is 0 Å². The molecule has 114 valence electrons. The van der Waals surface area contributed by atoms with E-state index < -0.39 is 0 Å². The zero-order valence-corrected chi connectivity index (χ0v) is 12.3. The number of carbonyl (C=O) groups excluding carboxylic acids is 2. The van der Waals surface area contributed by atoms with Crippen LogP contribution in [0.1, 0.15) is 39.0 Å². The van der Waals surface area contributed by atoms with Crippen LogP contribution in [0.5, 0.6) is 0 Å². The van der Waals surface area contributed by atoms with Gasteiger partial charge < -0.3 is 20.9 Å². The van der Waals surface area contributed by atoms with Crippen molar-refractivity contribution < 1.29 is 9.59 Å². The van der Waals surface area contributed by atoms with Gasteiger partial charge in [-0.15, -0.1) is 0 Å². The summed E-state index contributed by atoms with van der Waals surface area (Å²) in [6.07, 6.45) is 4.53. The molecule has 20 heavy (non-hydrogen) atoms. The third-order valence-corrected chi connectivity index (χ3v) is 4.12. The zero-order valence-electron chi connectivity index (χ0n) is 12.3. The molecule has 0 aliphatic carbocycles. The second-order valence-electron chi connectivity index (χ2n) is 5.64. The summed E-state index contributed by atoms with van der Waals surface area (Å²) in [5, 5.41) is 9.41. The van der Waals surface area contributed by atoms with Gasteiger partial charge in [-0.1, -0.05) is 0 Å². The normalized spacial score (nSPS) is 24.9. The Labute approximate surface area is 120 Å². The van der Waals surface area contributed by atoms with Crippen molar-refractivity contribution in [3.63, 3.8) is 0 Å². The molecule has 0 saturated carbocycles. The molecule has 0 spiro atoms. The lowest BCUT2D eigenvalue weighted by Crippen LogP contribution is -2.50. The van der Waals surface area contributed by atoms with E-state index in [1.54, 1.807) is 0 Å². The van der Waals surface area contributed by atoms with Crippen LogP contribution in [-0.2, 0) is 4.79 Å². The third kappa shape index (κ3) is 4.37. The van der Waals surface area contributed by atoms with Crippen molar-refractivity contribution in [3.8, 4) is 0 Å². The molecule has 2 aliphatic heterocycles. The van der Waals surface area contributed by atoms with Crippen molar-refractivity contribution in [3.05, 3.63) is 0 Å². The van der Waals surface area contributed by atoms with E-state index in [-0.39, 0.29) is 11.9 Å². The van der Waals surface area contributed by atoms with Gasteiger partial charge in [-0.3, -0.25) is 4.79 Å². The van der Waals surface area contributed by atoms with Gasteiger partial charge in [0.15, 0.2) is 0 Å². The molecule has 2 aliphatic rings. The van der Waals surface area contributed by atoms with Gasteiger partial charge in [-0.25, -0.2) is 4.79 Å². The first kappa shape index (κ1) is 15.1. The number of nitrogens with one attached hydrogen (secondary N) is 3. The fourth-order valence-electron chi connectivity index (χ4n) is 2.94. The molecule has 0 aromatic rings. The van der Waals surface area contributed by atoms with Crippen LogP contribution in [0.15, 0.2) is 0 Å². The highest BCUT2D eigenvalue weighted by Gasteiger charge is 2.25. The van der Waals surface area contributed by atoms with Crippen LogP contribution in [0.4, 0.5) is 4.79 Å². The molecular formula is C14H26N4O2. The minimum Gasteiger partial charge on any atom is -0.356 e. The van der Waals surface area contributed by atoms with Gasteiger partial charge in [0.25, 0.3) is 0 Å². The Morgan fingerprint density at radius 3 is 2.65 bits per heavy atom. The van der Waals surface area contributed by atoms with Crippen molar-refractivity contribution in [2.24, 2.45) is 0 Å². The SMILES string of the molecule is CCNC(=O)N1CCC(N[C@@H]2CCNC(=O)CC2)CC1. The molecule has 0 aromatic heterocycles. The molecule has 3 amide bonds. The Morgan fingerprint density at radius 2 is 1.95 bits per heavy atom. The maximum atomic E-state index is 11.7. The summed E-state index contributed by atoms with van der Waals surface area (Å²) in [7, 11) is 0. The molecule has 3 N–H and O–H groups in total. The second-order valence-corrected chi connectivity index (χ2v) is 5.64. The van der Waals surface area contributed by atoms with E-state index in [0.29, 0.717) is 25.0 Å². The maximum Gasteiger partial charge on any atom is 0.317 e. The van der Waals surface area contributed by atoms with Crippen LogP contribution >= 0.6 is 0 Å². The molecule has 0 unspecified atom stereocenters. The lowest BCUT2D eigenvalue weighted by atomic mass is 10.0. The number of likely N-dealkylation sites (tertiary alicyclic amines) is 1. The van der Waals surface area contributed by atoms with Gasteiger partial charge >= 0.3 is 6.03 Å². The number of carbonyl (C=O) groups is 2. The van der Waals surface area contributed by atoms with Crippen molar-refractivity contribution >= 4 is 11.9 Å². The van der Waals surface area contributed by atoms with Crippen molar-refractivity contribution in [2.75, 3.05) is 26.2 Å². The summed E-state index contributed by atoms with van der Waals surface area (Å²) in [6, 6.07) is 0.948. The topological polar surface area (TPSA) is 73.5 Å². The van der Waals surface area contributed by atoms with E-state index in [1.165, 1.54) is 0 Å². The molecule has 2 saturated heterocycles. The highest BCUT2D eigenvalue weighted by molar-refractivity contribution is 5.76. The van der Waals surface area contributed by atoms with Crippen molar-refractivity contribution in [2.45, 2.75) is 51.1 Å². The number of urea groups is 1. The molecule has 2 fully saturated rings. The number of hydrogen-bond donors (Lipinski definition) is 3. The van der Waals surface area contributed by atoms with Gasteiger partial charge in [0.05, 0.1) is 0 Å². The van der Waals surface area contributed by atoms with E-state index in [0.717, 1.165) is 45.3 Å². The summed E-state index contributed by atoms with van der Waals surface area (Å²) >= 11 is 0. The number of rotatable bonds is 3. The molecule has 0 aromatic carbocycles. The largest absolute Gasteiger partial charge is 0.356 e. The molecule has 6 nitrogen and oxygen atoms in total. The third-order valence-electron chi connectivity index (χ3n) is 4.12. The Balaban J connectivity index is 1.71.